The summed E-state index contributed by atoms with van der Waals surface area (Å²) in [5, 5.41) is 0.913. The fourth-order valence-electron chi connectivity index (χ4n) is 8.95. The third kappa shape index (κ3) is 6.51. The molecule has 3 aromatic rings. The summed E-state index contributed by atoms with van der Waals surface area (Å²) < 4.78 is 54.8. The van der Waals surface area contributed by atoms with Gasteiger partial charge < -0.3 is 23.8 Å². The molecule has 8 rings (SSSR count). The minimum absolute atomic E-state index is 0.00507. The number of carbonyl (C=O) groups is 1. The number of benzene rings is 1. The molecule has 6 atom stereocenters. The minimum Gasteiger partial charge on any atom is -0.467 e. The van der Waals surface area contributed by atoms with Crippen molar-refractivity contribution in [3.63, 3.8) is 0 Å². The van der Waals surface area contributed by atoms with E-state index in [1.165, 1.54) is 7.11 Å². The molecule has 280 valence electrons. The molecule has 2 aromatic heterocycles. The van der Waals surface area contributed by atoms with E-state index >= 15 is 4.39 Å². The molecule has 4 aliphatic heterocycles. The summed E-state index contributed by atoms with van der Waals surface area (Å²) in [7, 11) is 1.53. The van der Waals surface area contributed by atoms with Gasteiger partial charge in [-0.25, -0.2) is 13.6 Å². The van der Waals surface area contributed by atoms with E-state index in [-0.39, 0.29) is 54.7 Å². The maximum Gasteiger partial charge on any atom is 0.410 e. The van der Waals surface area contributed by atoms with Gasteiger partial charge >= 0.3 is 12.1 Å². The smallest absolute Gasteiger partial charge is 0.410 e. The molecule has 14 heteroatoms. The molecule has 0 unspecified atom stereocenters. The number of nitrogens with zero attached hydrogens (tertiary/aromatic N) is 6. The Morgan fingerprint density at radius 3 is 2.56 bits per heavy atom. The fraction of sp³-hybridized carbons (Fsp3) is 0.632. The number of halogens is 3. The molecular formula is C38H47ClF2N6O5. The molecule has 4 saturated heterocycles. The number of hydrogen-bond donors (Lipinski definition) is 0. The van der Waals surface area contributed by atoms with E-state index in [1.807, 2.05) is 25.7 Å². The van der Waals surface area contributed by atoms with E-state index in [1.54, 1.807) is 18.3 Å². The van der Waals surface area contributed by atoms with E-state index in [4.69, 9.17) is 40.5 Å². The standard InChI is InChI=1S/C38H47ClF2N6O5/c1-21-11-26(21)30-27(12-25(13-29(30)39)51-20-49-5)32-31(41)33-28(15-42-32)34(44-35(43-33)50-19-38-9-6-10-46(38)16-22(40)14-38)45-17-23-7-8-24(18-45)47(23)36(48)52-37(2,3)4/h12-13,15,21-24,26H,6-11,14,16-20H2,1-5H3/t21-,22-,23-,24+,26-,38+/m1/s1. The molecule has 0 radical (unpaired) electrons. The van der Waals surface area contributed by atoms with Crippen molar-refractivity contribution < 1.29 is 32.5 Å². The zero-order valence-electron chi connectivity index (χ0n) is 30.5. The predicted molar refractivity (Wildman–Crippen MR) is 192 cm³/mol. The van der Waals surface area contributed by atoms with Crippen LogP contribution in [0.4, 0.5) is 19.4 Å². The number of aromatic nitrogens is 3. The number of anilines is 1. The molecule has 1 amide bonds. The van der Waals surface area contributed by atoms with E-state index in [9.17, 15) is 9.18 Å². The van der Waals surface area contributed by atoms with Crippen LogP contribution in [0.5, 0.6) is 11.8 Å². The van der Waals surface area contributed by atoms with Crippen molar-refractivity contribution in [2.24, 2.45) is 5.92 Å². The first-order valence-corrected chi connectivity index (χ1v) is 18.8. The van der Waals surface area contributed by atoms with Crippen molar-refractivity contribution in [2.75, 3.05) is 51.6 Å². The molecule has 5 aliphatic rings. The summed E-state index contributed by atoms with van der Waals surface area (Å²) in [6, 6.07) is 3.31. The maximum absolute atomic E-state index is 17.2. The highest BCUT2D eigenvalue weighted by molar-refractivity contribution is 6.32. The number of ether oxygens (including phenoxy) is 4. The lowest BCUT2D eigenvalue weighted by atomic mass is 9.95. The fourth-order valence-corrected chi connectivity index (χ4v) is 9.30. The quantitative estimate of drug-likeness (QED) is 0.211. The summed E-state index contributed by atoms with van der Waals surface area (Å²) in [4.78, 5) is 33.7. The van der Waals surface area contributed by atoms with Gasteiger partial charge in [-0.2, -0.15) is 9.97 Å². The predicted octanol–water partition coefficient (Wildman–Crippen LogP) is 7.13. The molecule has 1 aliphatic carbocycles. The highest BCUT2D eigenvalue weighted by Gasteiger charge is 2.50. The number of pyridine rings is 1. The third-order valence-electron chi connectivity index (χ3n) is 11.4. The van der Waals surface area contributed by atoms with E-state index in [2.05, 4.69) is 21.7 Å². The Morgan fingerprint density at radius 1 is 1.12 bits per heavy atom. The van der Waals surface area contributed by atoms with Crippen LogP contribution < -0.4 is 14.4 Å². The van der Waals surface area contributed by atoms with Crippen LogP contribution in [0.1, 0.15) is 77.7 Å². The zero-order valence-corrected chi connectivity index (χ0v) is 31.2. The third-order valence-corrected chi connectivity index (χ3v) is 11.8. The lowest BCUT2D eigenvalue weighted by Crippen LogP contribution is -2.57. The largest absolute Gasteiger partial charge is 0.467 e. The number of carbonyl (C=O) groups excluding carboxylic acids is 1. The van der Waals surface area contributed by atoms with Crippen LogP contribution in [0.25, 0.3) is 22.2 Å². The second-order valence-electron chi connectivity index (χ2n) is 16.3. The van der Waals surface area contributed by atoms with Crippen LogP contribution in [0.15, 0.2) is 18.3 Å². The summed E-state index contributed by atoms with van der Waals surface area (Å²) in [5.74, 6) is 0.853. The molecule has 52 heavy (non-hydrogen) atoms. The topological polar surface area (TPSA) is 102 Å². The molecule has 11 nitrogen and oxygen atoms in total. The van der Waals surface area contributed by atoms with Crippen molar-refractivity contribution in [1.29, 1.82) is 0 Å². The molecule has 6 heterocycles. The molecule has 2 bridgehead atoms. The van der Waals surface area contributed by atoms with Crippen LogP contribution in [-0.2, 0) is 9.47 Å². The minimum atomic E-state index is -0.918. The van der Waals surface area contributed by atoms with E-state index in [0.29, 0.717) is 59.5 Å². The van der Waals surface area contributed by atoms with E-state index in [0.717, 1.165) is 44.2 Å². The first-order chi connectivity index (χ1) is 24.8. The number of fused-ring (bicyclic) bond motifs is 4. The van der Waals surface area contributed by atoms with Crippen LogP contribution in [0, 0.1) is 11.7 Å². The van der Waals surface area contributed by atoms with Gasteiger partial charge in [0, 0.05) is 49.9 Å². The summed E-state index contributed by atoms with van der Waals surface area (Å²) in [5.41, 5.74) is 0.487. The lowest BCUT2D eigenvalue weighted by molar-refractivity contribution is 0.0122. The van der Waals surface area contributed by atoms with Crippen LogP contribution in [0.3, 0.4) is 0 Å². The van der Waals surface area contributed by atoms with Gasteiger partial charge in [-0.05, 0) is 89.0 Å². The van der Waals surface area contributed by atoms with Crippen molar-refractivity contribution in [3.05, 3.63) is 34.7 Å². The Kier molecular flexibility index (Phi) is 9.13. The monoisotopic (exact) mass is 740 g/mol. The number of piperazine rings is 1. The van der Waals surface area contributed by atoms with Gasteiger partial charge in [0.15, 0.2) is 12.6 Å². The van der Waals surface area contributed by atoms with Gasteiger partial charge in [0.25, 0.3) is 0 Å². The summed E-state index contributed by atoms with van der Waals surface area (Å²) >= 11 is 6.86. The van der Waals surface area contributed by atoms with Crippen molar-refractivity contribution in [3.8, 4) is 23.0 Å². The number of amides is 1. The van der Waals surface area contributed by atoms with E-state index < -0.39 is 23.1 Å². The zero-order chi connectivity index (χ0) is 36.5. The number of methoxy groups -OCH3 is 1. The number of hydrogen-bond acceptors (Lipinski definition) is 10. The average molecular weight is 741 g/mol. The molecule has 1 saturated carbocycles. The molecule has 1 aromatic carbocycles. The number of alkyl halides is 1. The van der Waals surface area contributed by atoms with Gasteiger partial charge in [0.2, 0.25) is 0 Å². The van der Waals surface area contributed by atoms with Gasteiger partial charge in [-0.1, -0.05) is 18.5 Å². The Hall–Kier alpha value is -3.55. The van der Waals surface area contributed by atoms with Gasteiger partial charge in [-0.3, -0.25) is 14.8 Å². The van der Waals surface area contributed by atoms with Gasteiger partial charge in [0.1, 0.15) is 41.2 Å². The van der Waals surface area contributed by atoms with Crippen molar-refractivity contribution in [2.45, 2.75) is 102 Å². The maximum atomic E-state index is 17.2. The van der Waals surface area contributed by atoms with Crippen molar-refractivity contribution in [1.82, 2.24) is 24.8 Å². The highest BCUT2D eigenvalue weighted by atomic mass is 35.5. The SMILES string of the molecule is COCOc1cc(Cl)c([C@@H]2C[C@H]2C)c(-c2ncc3c(N4C[C@H]5CC[C@@H](C4)N5C(=O)OC(C)(C)C)nc(OC[C@@]45CCCN4C[C@H](F)C5)nc3c2F)c1. The Morgan fingerprint density at radius 2 is 1.87 bits per heavy atom. The van der Waals surface area contributed by atoms with Gasteiger partial charge in [-0.15, -0.1) is 0 Å². The summed E-state index contributed by atoms with van der Waals surface area (Å²) in [6.07, 6.45) is 5.10. The first-order valence-electron chi connectivity index (χ1n) is 18.4. The second kappa shape index (κ2) is 13.4. The van der Waals surface area contributed by atoms with Crippen molar-refractivity contribution >= 4 is 34.4 Å². The lowest BCUT2D eigenvalue weighted by Gasteiger charge is -2.42. The molecule has 5 fully saturated rings. The summed E-state index contributed by atoms with van der Waals surface area (Å²) in [6.45, 7) is 10.1. The Bertz CT molecular complexity index is 1870. The molecule has 0 N–H and O–H groups in total. The Balaban J connectivity index is 1.20. The highest BCUT2D eigenvalue weighted by Crippen LogP contribution is 2.53. The Labute approximate surface area is 307 Å². The normalized spacial score (nSPS) is 28.4. The van der Waals surface area contributed by atoms with Crippen LogP contribution >= 0.6 is 11.6 Å². The van der Waals surface area contributed by atoms with Gasteiger partial charge in [0.05, 0.1) is 23.0 Å². The second-order valence-corrected chi connectivity index (χ2v) is 16.7. The molecular weight excluding hydrogens is 694 g/mol. The number of rotatable bonds is 9. The van der Waals surface area contributed by atoms with Crippen LogP contribution in [0.2, 0.25) is 5.02 Å². The average Bonchev–Trinajstić information content (AvgIpc) is 3.39. The first kappa shape index (κ1) is 35.5. The van der Waals surface area contributed by atoms with Crippen LogP contribution in [-0.4, -0.2) is 107 Å². The molecule has 0 spiro atoms.